The Morgan fingerprint density at radius 3 is 2.42 bits per heavy atom. The standard InChI is InChI=1S/C15H16NO3/c17-14(11-13-7-3-1-4-8-13)15(18)19-12-16-9-5-2-6-10-16/h1-10,14,17H,11-12H2/q+1/t14-/m0/s1. The molecule has 0 fully saturated rings. The van der Waals surface area contributed by atoms with Crippen LogP contribution >= 0.6 is 0 Å². The van der Waals surface area contributed by atoms with E-state index in [1.54, 1.807) is 17.0 Å². The van der Waals surface area contributed by atoms with Gasteiger partial charge < -0.3 is 9.84 Å². The molecule has 19 heavy (non-hydrogen) atoms. The van der Waals surface area contributed by atoms with Crippen molar-refractivity contribution in [2.45, 2.75) is 19.3 Å². The van der Waals surface area contributed by atoms with Crippen LogP contribution in [0.2, 0.25) is 0 Å². The zero-order valence-electron chi connectivity index (χ0n) is 10.5. The monoisotopic (exact) mass is 258 g/mol. The molecule has 0 amide bonds. The summed E-state index contributed by atoms with van der Waals surface area (Å²) in [5.74, 6) is -0.611. The third-order valence-corrected chi connectivity index (χ3v) is 2.68. The third-order valence-electron chi connectivity index (χ3n) is 2.68. The van der Waals surface area contributed by atoms with E-state index in [0.29, 0.717) is 0 Å². The molecule has 0 saturated heterocycles. The number of hydrogen-bond donors (Lipinski definition) is 1. The Morgan fingerprint density at radius 1 is 1.11 bits per heavy atom. The van der Waals surface area contributed by atoms with Gasteiger partial charge in [0.1, 0.15) is 0 Å². The van der Waals surface area contributed by atoms with Crippen molar-refractivity contribution in [2.75, 3.05) is 0 Å². The fraction of sp³-hybridized carbons (Fsp3) is 0.200. The van der Waals surface area contributed by atoms with E-state index in [1.165, 1.54) is 0 Å². The molecule has 2 aromatic rings. The Balaban J connectivity index is 1.83. The van der Waals surface area contributed by atoms with Crippen molar-refractivity contribution < 1.29 is 19.2 Å². The number of benzene rings is 1. The molecule has 0 saturated carbocycles. The minimum atomic E-state index is -1.13. The minimum Gasteiger partial charge on any atom is -0.403 e. The van der Waals surface area contributed by atoms with Crippen LogP contribution in [0.4, 0.5) is 0 Å². The SMILES string of the molecule is O=C(OC[n+]1ccccc1)[C@@H](O)Cc1ccccc1. The predicted molar refractivity (Wildman–Crippen MR) is 68.9 cm³/mol. The molecule has 0 bridgehead atoms. The molecule has 0 aliphatic heterocycles. The molecule has 0 radical (unpaired) electrons. The van der Waals surface area contributed by atoms with Gasteiger partial charge in [0, 0.05) is 18.6 Å². The second kappa shape index (κ2) is 6.66. The number of aromatic nitrogens is 1. The first-order valence-electron chi connectivity index (χ1n) is 6.08. The molecular formula is C15H16NO3+. The van der Waals surface area contributed by atoms with E-state index < -0.39 is 12.1 Å². The smallest absolute Gasteiger partial charge is 0.340 e. The van der Waals surface area contributed by atoms with Crippen LogP contribution in [0.1, 0.15) is 5.56 Å². The highest BCUT2D eigenvalue weighted by atomic mass is 16.6. The summed E-state index contributed by atoms with van der Waals surface area (Å²) in [7, 11) is 0. The lowest BCUT2D eigenvalue weighted by atomic mass is 10.1. The Kier molecular flexibility index (Phi) is 4.64. The van der Waals surface area contributed by atoms with E-state index in [-0.39, 0.29) is 13.2 Å². The zero-order chi connectivity index (χ0) is 13.5. The van der Waals surface area contributed by atoms with E-state index in [2.05, 4.69) is 0 Å². The van der Waals surface area contributed by atoms with Gasteiger partial charge in [0.15, 0.2) is 18.5 Å². The lowest BCUT2D eigenvalue weighted by Gasteiger charge is -2.08. The summed E-state index contributed by atoms with van der Waals surface area (Å²) in [5, 5.41) is 9.77. The Bertz CT molecular complexity index is 513. The topological polar surface area (TPSA) is 50.4 Å². The van der Waals surface area contributed by atoms with Crippen LogP contribution in [-0.4, -0.2) is 17.2 Å². The molecule has 0 aliphatic rings. The van der Waals surface area contributed by atoms with Crippen molar-refractivity contribution in [3.63, 3.8) is 0 Å². The predicted octanol–water partition coefficient (Wildman–Crippen LogP) is 1.08. The molecule has 1 aromatic carbocycles. The maximum Gasteiger partial charge on any atom is 0.340 e. The molecule has 0 aliphatic carbocycles. The molecule has 1 heterocycles. The fourth-order valence-corrected chi connectivity index (χ4v) is 1.68. The number of aliphatic hydroxyl groups is 1. The van der Waals surface area contributed by atoms with Crippen LogP contribution in [0.5, 0.6) is 0 Å². The van der Waals surface area contributed by atoms with E-state index in [1.807, 2.05) is 48.5 Å². The Hall–Kier alpha value is -2.20. The van der Waals surface area contributed by atoms with Crippen LogP contribution in [0, 0.1) is 0 Å². The highest BCUT2D eigenvalue weighted by Gasteiger charge is 2.18. The average Bonchev–Trinajstić information content (AvgIpc) is 2.47. The van der Waals surface area contributed by atoms with Crippen LogP contribution < -0.4 is 4.57 Å². The van der Waals surface area contributed by atoms with Gasteiger partial charge in [0.05, 0.1) is 0 Å². The lowest BCUT2D eigenvalue weighted by molar-refractivity contribution is -0.727. The normalized spacial score (nSPS) is 11.8. The first kappa shape index (κ1) is 13.2. The van der Waals surface area contributed by atoms with E-state index >= 15 is 0 Å². The van der Waals surface area contributed by atoms with Gasteiger partial charge in [-0.15, -0.1) is 0 Å². The lowest BCUT2D eigenvalue weighted by Crippen LogP contribution is -2.37. The van der Waals surface area contributed by atoms with Crippen molar-refractivity contribution in [2.24, 2.45) is 0 Å². The van der Waals surface area contributed by atoms with Gasteiger partial charge in [0.25, 0.3) is 6.73 Å². The Labute approximate surface area is 111 Å². The van der Waals surface area contributed by atoms with Crippen molar-refractivity contribution >= 4 is 5.97 Å². The highest BCUT2D eigenvalue weighted by molar-refractivity contribution is 5.74. The van der Waals surface area contributed by atoms with E-state index in [0.717, 1.165) is 5.56 Å². The van der Waals surface area contributed by atoms with Gasteiger partial charge in [-0.3, -0.25) is 0 Å². The second-order valence-corrected chi connectivity index (χ2v) is 4.19. The summed E-state index contributed by atoms with van der Waals surface area (Å²) in [6, 6.07) is 14.9. The number of carbonyl (C=O) groups is 1. The molecule has 4 heteroatoms. The summed E-state index contributed by atoms with van der Waals surface area (Å²) in [4.78, 5) is 11.6. The van der Waals surface area contributed by atoms with Gasteiger partial charge in [-0.1, -0.05) is 36.4 Å². The minimum absolute atomic E-state index is 0.103. The molecular weight excluding hydrogens is 242 g/mol. The number of ether oxygens (including phenoxy) is 1. The van der Waals surface area contributed by atoms with Crippen LogP contribution in [0.15, 0.2) is 60.9 Å². The number of esters is 1. The summed E-state index contributed by atoms with van der Waals surface area (Å²) >= 11 is 0. The fourth-order valence-electron chi connectivity index (χ4n) is 1.68. The van der Waals surface area contributed by atoms with Crippen molar-refractivity contribution in [3.8, 4) is 0 Å². The van der Waals surface area contributed by atoms with Crippen molar-refractivity contribution in [3.05, 3.63) is 66.5 Å². The molecule has 1 N–H and O–H groups in total. The largest absolute Gasteiger partial charge is 0.403 e. The van der Waals surface area contributed by atoms with Gasteiger partial charge >= 0.3 is 5.97 Å². The van der Waals surface area contributed by atoms with Gasteiger partial charge in [-0.2, -0.15) is 4.57 Å². The van der Waals surface area contributed by atoms with Crippen LogP contribution in [0.25, 0.3) is 0 Å². The first-order chi connectivity index (χ1) is 9.25. The van der Waals surface area contributed by atoms with Gasteiger partial charge in [-0.25, -0.2) is 4.79 Å². The summed E-state index contributed by atoms with van der Waals surface area (Å²) < 4.78 is 6.75. The maximum absolute atomic E-state index is 11.6. The number of pyridine rings is 1. The number of aliphatic hydroxyl groups excluding tert-OH is 1. The number of nitrogens with zero attached hydrogens (tertiary/aromatic N) is 1. The molecule has 0 unspecified atom stereocenters. The molecule has 4 nitrogen and oxygen atoms in total. The summed E-state index contributed by atoms with van der Waals surface area (Å²) in [6.07, 6.45) is 2.71. The molecule has 0 spiro atoms. The second-order valence-electron chi connectivity index (χ2n) is 4.19. The maximum atomic E-state index is 11.6. The number of hydrogen-bond acceptors (Lipinski definition) is 3. The number of carbonyl (C=O) groups excluding carboxylic acids is 1. The van der Waals surface area contributed by atoms with Gasteiger partial charge in [-0.05, 0) is 5.56 Å². The van der Waals surface area contributed by atoms with Crippen LogP contribution in [0.3, 0.4) is 0 Å². The van der Waals surface area contributed by atoms with Crippen molar-refractivity contribution in [1.82, 2.24) is 0 Å². The van der Waals surface area contributed by atoms with Crippen molar-refractivity contribution in [1.29, 1.82) is 0 Å². The Morgan fingerprint density at radius 2 is 1.74 bits per heavy atom. The third kappa shape index (κ3) is 4.19. The first-order valence-corrected chi connectivity index (χ1v) is 6.08. The van der Waals surface area contributed by atoms with Gasteiger partial charge in [0.2, 0.25) is 0 Å². The molecule has 1 atom stereocenters. The molecule has 2 rings (SSSR count). The highest BCUT2D eigenvalue weighted by Crippen LogP contribution is 2.04. The van der Waals surface area contributed by atoms with E-state index in [4.69, 9.17) is 4.74 Å². The molecule has 98 valence electrons. The molecule has 1 aromatic heterocycles. The van der Waals surface area contributed by atoms with Crippen LogP contribution in [-0.2, 0) is 22.7 Å². The van der Waals surface area contributed by atoms with E-state index in [9.17, 15) is 9.90 Å². The number of rotatable bonds is 5. The average molecular weight is 258 g/mol. The summed E-state index contributed by atoms with van der Waals surface area (Å²) in [5.41, 5.74) is 0.902. The zero-order valence-corrected chi connectivity index (χ0v) is 10.5. The summed E-state index contributed by atoms with van der Waals surface area (Å²) in [6.45, 7) is 0.103. The quantitative estimate of drug-likeness (QED) is 0.645.